The van der Waals surface area contributed by atoms with Crippen molar-refractivity contribution < 1.29 is 17.6 Å². The van der Waals surface area contributed by atoms with Gasteiger partial charge in [0.25, 0.3) is 0 Å². The van der Waals surface area contributed by atoms with E-state index in [0.29, 0.717) is 6.54 Å². The summed E-state index contributed by atoms with van der Waals surface area (Å²) in [6, 6.07) is 12.5. The van der Waals surface area contributed by atoms with E-state index >= 15 is 0 Å². The Kier molecular flexibility index (Phi) is 6.66. The summed E-state index contributed by atoms with van der Waals surface area (Å²) in [5, 5.41) is 2.77. The molecule has 0 bridgehead atoms. The number of rotatable bonds is 8. The summed E-state index contributed by atoms with van der Waals surface area (Å²) in [6.45, 7) is 2.49. The second kappa shape index (κ2) is 8.73. The summed E-state index contributed by atoms with van der Waals surface area (Å²) in [4.78, 5) is 11.8. The van der Waals surface area contributed by atoms with Crippen molar-refractivity contribution in [1.29, 1.82) is 0 Å². The second-order valence-electron chi connectivity index (χ2n) is 5.63. The minimum absolute atomic E-state index is 0.0179. The quantitative estimate of drug-likeness (QED) is 0.754. The van der Waals surface area contributed by atoms with Gasteiger partial charge in [-0.05, 0) is 48.7 Å². The minimum Gasteiger partial charge on any atom is -0.356 e. The van der Waals surface area contributed by atoms with Crippen LogP contribution in [-0.2, 0) is 21.2 Å². The van der Waals surface area contributed by atoms with Crippen molar-refractivity contribution in [2.45, 2.75) is 24.7 Å². The maximum absolute atomic E-state index is 12.8. The van der Waals surface area contributed by atoms with E-state index in [1.165, 1.54) is 23.3 Å². The first-order valence-electron chi connectivity index (χ1n) is 7.95. The lowest BCUT2D eigenvalue weighted by Crippen LogP contribution is -2.31. The number of benzene rings is 2. The van der Waals surface area contributed by atoms with Crippen molar-refractivity contribution in [3.05, 3.63) is 65.5 Å². The molecule has 2 rings (SSSR count). The van der Waals surface area contributed by atoms with Crippen molar-refractivity contribution in [2.24, 2.45) is 0 Å². The summed E-state index contributed by atoms with van der Waals surface area (Å²) in [7, 11) is -3.74. The molecule has 0 saturated carbocycles. The van der Waals surface area contributed by atoms with Crippen LogP contribution in [0.1, 0.15) is 17.5 Å². The molecule has 2 N–H and O–H groups in total. The minimum atomic E-state index is -3.74. The number of aryl methyl sites for hydroxylation is 1. The second-order valence-corrected chi connectivity index (χ2v) is 7.40. The van der Waals surface area contributed by atoms with Gasteiger partial charge in [0.15, 0.2) is 0 Å². The first-order chi connectivity index (χ1) is 11.9. The lowest BCUT2D eigenvalue weighted by Gasteiger charge is -2.09. The number of hydrogen-bond acceptors (Lipinski definition) is 3. The van der Waals surface area contributed by atoms with Crippen molar-refractivity contribution in [2.75, 3.05) is 13.1 Å². The van der Waals surface area contributed by atoms with Crippen LogP contribution in [0.3, 0.4) is 0 Å². The first-order valence-corrected chi connectivity index (χ1v) is 9.43. The third kappa shape index (κ3) is 5.95. The molecule has 7 heteroatoms. The van der Waals surface area contributed by atoms with Crippen molar-refractivity contribution >= 4 is 15.9 Å². The predicted molar refractivity (Wildman–Crippen MR) is 94.1 cm³/mol. The molecule has 0 heterocycles. The fraction of sp³-hybridized carbons (Fsp3) is 0.278. The van der Waals surface area contributed by atoms with Gasteiger partial charge in [0, 0.05) is 19.5 Å². The molecule has 0 aliphatic heterocycles. The van der Waals surface area contributed by atoms with Crippen LogP contribution in [0.4, 0.5) is 4.39 Å². The Hall–Kier alpha value is -2.25. The van der Waals surface area contributed by atoms with Crippen LogP contribution >= 0.6 is 0 Å². The predicted octanol–water partition coefficient (Wildman–Crippen LogP) is 2.16. The van der Waals surface area contributed by atoms with Crippen LogP contribution in [0.2, 0.25) is 0 Å². The van der Waals surface area contributed by atoms with Crippen LogP contribution < -0.4 is 10.0 Å². The van der Waals surface area contributed by atoms with Crippen LogP contribution in [0, 0.1) is 12.7 Å². The number of carbonyl (C=O) groups excluding carboxylic acids is 1. The molecule has 1 amide bonds. The van der Waals surface area contributed by atoms with Crippen molar-refractivity contribution in [1.82, 2.24) is 10.0 Å². The molecular weight excluding hydrogens is 343 g/mol. The Morgan fingerprint density at radius 3 is 2.40 bits per heavy atom. The monoisotopic (exact) mass is 364 g/mol. The molecular formula is C18H21FN2O3S. The Labute approximate surface area is 147 Å². The molecule has 0 spiro atoms. The highest BCUT2D eigenvalue weighted by molar-refractivity contribution is 7.89. The van der Waals surface area contributed by atoms with E-state index in [1.54, 1.807) is 0 Å². The number of hydrogen-bond donors (Lipinski definition) is 2. The highest BCUT2D eigenvalue weighted by Crippen LogP contribution is 2.09. The number of sulfonamides is 1. The molecule has 25 heavy (non-hydrogen) atoms. The van der Waals surface area contributed by atoms with Gasteiger partial charge in [-0.2, -0.15) is 0 Å². The molecule has 0 fully saturated rings. The van der Waals surface area contributed by atoms with Crippen LogP contribution in [0.15, 0.2) is 53.4 Å². The van der Waals surface area contributed by atoms with Gasteiger partial charge in [0.05, 0.1) is 4.90 Å². The van der Waals surface area contributed by atoms with Crippen molar-refractivity contribution in [3.8, 4) is 0 Å². The summed E-state index contributed by atoms with van der Waals surface area (Å²) >= 11 is 0. The van der Waals surface area contributed by atoms with E-state index in [0.717, 1.165) is 18.6 Å². The summed E-state index contributed by atoms with van der Waals surface area (Å²) in [5.41, 5.74) is 2.34. The van der Waals surface area contributed by atoms with Crippen LogP contribution in [-0.4, -0.2) is 27.4 Å². The van der Waals surface area contributed by atoms with Gasteiger partial charge in [-0.15, -0.1) is 0 Å². The third-order valence-corrected chi connectivity index (χ3v) is 5.22. The molecule has 0 unspecified atom stereocenters. The Morgan fingerprint density at radius 1 is 1.04 bits per heavy atom. The molecule has 0 radical (unpaired) electrons. The fourth-order valence-corrected chi connectivity index (χ4v) is 3.34. The van der Waals surface area contributed by atoms with E-state index < -0.39 is 15.8 Å². The molecule has 0 atom stereocenters. The number of carbonyl (C=O) groups is 1. The fourth-order valence-electron chi connectivity index (χ4n) is 2.31. The van der Waals surface area contributed by atoms with Gasteiger partial charge in [-0.1, -0.05) is 24.3 Å². The zero-order valence-electron chi connectivity index (χ0n) is 14.0. The average molecular weight is 364 g/mol. The largest absolute Gasteiger partial charge is 0.356 e. The standard InChI is InChI=1S/C18H21FN2O3S/c1-14-4-2-3-5-15(14)10-12-20-18(22)11-13-21-25(23,24)17-8-6-16(19)7-9-17/h2-9,21H,10-13H2,1H3,(H,20,22). The van der Waals surface area contributed by atoms with Crippen LogP contribution in [0.5, 0.6) is 0 Å². The van der Waals surface area contributed by atoms with E-state index in [9.17, 15) is 17.6 Å². The Balaban J connectivity index is 1.73. The average Bonchev–Trinajstić information content (AvgIpc) is 2.57. The van der Waals surface area contributed by atoms with Gasteiger partial charge < -0.3 is 5.32 Å². The van der Waals surface area contributed by atoms with Gasteiger partial charge in [0.1, 0.15) is 5.82 Å². The van der Waals surface area contributed by atoms with E-state index in [4.69, 9.17) is 0 Å². The van der Waals surface area contributed by atoms with Crippen molar-refractivity contribution in [3.63, 3.8) is 0 Å². The van der Waals surface area contributed by atoms with Crippen LogP contribution in [0.25, 0.3) is 0 Å². The molecule has 0 saturated heterocycles. The molecule has 0 aliphatic rings. The Bertz CT molecular complexity index is 820. The lowest BCUT2D eigenvalue weighted by molar-refractivity contribution is -0.120. The van der Waals surface area contributed by atoms with Gasteiger partial charge >= 0.3 is 0 Å². The van der Waals surface area contributed by atoms with E-state index in [1.807, 2.05) is 31.2 Å². The summed E-state index contributed by atoms with van der Waals surface area (Å²) in [6.07, 6.45) is 0.758. The van der Waals surface area contributed by atoms with Gasteiger partial charge in [-0.3, -0.25) is 4.79 Å². The van der Waals surface area contributed by atoms with E-state index in [2.05, 4.69) is 10.0 Å². The molecule has 5 nitrogen and oxygen atoms in total. The normalized spacial score (nSPS) is 11.3. The van der Waals surface area contributed by atoms with Gasteiger partial charge in [-0.25, -0.2) is 17.5 Å². The third-order valence-electron chi connectivity index (χ3n) is 3.75. The van der Waals surface area contributed by atoms with Gasteiger partial charge in [0.2, 0.25) is 15.9 Å². The van der Waals surface area contributed by atoms with E-state index in [-0.39, 0.29) is 23.8 Å². The Morgan fingerprint density at radius 2 is 1.72 bits per heavy atom. The molecule has 0 aliphatic carbocycles. The number of amides is 1. The highest BCUT2D eigenvalue weighted by Gasteiger charge is 2.14. The molecule has 2 aromatic rings. The number of halogens is 1. The topological polar surface area (TPSA) is 75.3 Å². The maximum atomic E-state index is 12.8. The summed E-state index contributed by atoms with van der Waals surface area (Å²) < 4.78 is 39.2. The summed E-state index contributed by atoms with van der Waals surface area (Å²) in [5.74, 6) is -0.734. The maximum Gasteiger partial charge on any atom is 0.240 e. The number of nitrogens with one attached hydrogen (secondary N) is 2. The highest BCUT2D eigenvalue weighted by atomic mass is 32.2. The zero-order valence-corrected chi connectivity index (χ0v) is 14.8. The smallest absolute Gasteiger partial charge is 0.240 e. The molecule has 134 valence electrons. The molecule has 0 aromatic heterocycles. The lowest BCUT2D eigenvalue weighted by atomic mass is 10.1. The first kappa shape index (κ1) is 19.1. The molecule has 2 aromatic carbocycles. The SMILES string of the molecule is Cc1ccccc1CCNC(=O)CCNS(=O)(=O)c1ccc(F)cc1. The zero-order chi connectivity index (χ0) is 18.3.